The van der Waals surface area contributed by atoms with E-state index in [2.05, 4.69) is 14.2 Å². The largest absolute Gasteiger partial charge is 0.573 e. The molecule has 102 valence electrons. The summed E-state index contributed by atoms with van der Waals surface area (Å²) in [7, 11) is 2.18. The highest BCUT2D eigenvalue weighted by Gasteiger charge is 2.34. The van der Waals surface area contributed by atoms with Gasteiger partial charge in [0.1, 0.15) is 6.07 Å². The Balaban J connectivity index is 3.39. The number of carbonyl (C=O) groups is 1. The van der Waals surface area contributed by atoms with E-state index < -0.39 is 29.4 Å². The molecule has 8 heteroatoms. The topological polar surface area (TPSA) is 68.6 Å². The number of hydrogen-bond acceptors (Lipinski definition) is 5. The predicted octanol–water partition coefficient (Wildman–Crippen LogP) is 2.25. The van der Waals surface area contributed by atoms with E-state index in [0.29, 0.717) is 0 Å². The highest BCUT2D eigenvalue weighted by molar-refractivity contribution is 5.91. The minimum absolute atomic E-state index is 0.120. The highest BCUT2D eigenvalue weighted by atomic mass is 19.4. The molecule has 0 aliphatic carbocycles. The average molecular weight is 275 g/mol. The van der Waals surface area contributed by atoms with Gasteiger partial charge in [-0.2, -0.15) is 5.26 Å². The summed E-state index contributed by atoms with van der Waals surface area (Å²) < 4.78 is 49.5. The average Bonchev–Trinajstić information content (AvgIpc) is 2.36. The molecule has 0 radical (unpaired) electrons. The van der Waals surface area contributed by atoms with Crippen LogP contribution in [0.2, 0.25) is 0 Å². The van der Waals surface area contributed by atoms with E-state index in [-0.39, 0.29) is 5.56 Å². The first kappa shape index (κ1) is 14.6. The molecule has 0 aromatic heterocycles. The summed E-state index contributed by atoms with van der Waals surface area (Å²) in [6, 6.07) is 3.42. The Labute approximate surface area is 106 Å². The summed E-state index contributed by atoms with van der Waals surface area (Å²) in [5, 5.41) is 8.81. The second-order valence-electron chi connectivity index (χ2n) is 3.21. The lowest BCUT2D eigenvalue weighted by Crippen LogP contribution is -2.18. The summed E-state index contributed by atoms with van der Waals surface area (Å²) in [4.78, 5) is 11.3. The van der Waals surface area contributed by atoms with Crippen molar-refractivity contribution in [2.75, 3.05) is 14.2 Å². The molecule has 0 amide bonds. The Morgan fingerprint density at radius 3 is 2.37 bits per heavy atom. The Morgan fingerprint density at radius 2 is 1.95 bits per heavy atom. The number of nitrogens with zero attached hydrogens (tertiary/aromatic N) is 1. The number of ether oxygens (including phenoxy) is 3. The van der Waals surface area contributed by atoms with Crippen molar-refractivity contribution in [1.82, 2.24) is 0 Å². The number of carbonyl (C=O) groups excluding carboxylic acids is 1. The van der Waals surface area contributed by atoms with Gasteiger partial charge in [-0.1, -0.05) is 0 Å². The van der Waals surface area contributed by atoms with E-state index in [1.165, 1.54) is 6.07 Å². The Hall–Kier alpha value is -2.43. The second kappa shape index (κ2) is 5.48. The minimum atomic E-state index is -4.98. The number of rotatable bonds is 3. The van der Waals surface area contributed by atoms with Crippen LogP contribution in [0.25, 0.3) is 0 Å². The SMILES string of the molecule is COC(=O)c1cc(C#N)c(OC(F)(F)F)c(OC)c1. The van der Waals surface area contributed by atoms with Gasteiger partial charge in [0.15, 0.2) is 11.5 Å². The molecule has 0 aliphatic heterocycles. The van der Waals surface area contributed by atoms with Gasteiger partial charge in [0.25, 0.3) is 0 Å². The molecule has 1 rings (SSSR count). The Bertz CT molecular complexity index is 534. The summed E-state index contributed by atoms with van der Waals surface area (Å²) in [5.74, 6) is -2.00. The van der Waals surface area contributed by atoms with Gasteiger partial charge in [0.05, 0.1) is 25.3 Å². The normalized spacial score (nSPS) is 10.5. The third kappa shape index (κ3) is 3.51. The number of hydrogen-bond donors (Lipinski definition) is 0. The lowest BCUT2D eigenvalue weighted by molar-refractivity contribution is -0.275. The van der Waals surface area contributed by atoms with Crippen LogP contribution in [-0.2, 0) is 4.74 Å². The van der Waals surface area contributed by atoms with Crippen molar-refractivity contribution in [2.45, 2.75) is 6.36 Å². The van der Waals surface area contributed by atoms with E-state index in [1.54, 1.807) is 0 Å². The molecular formula is C11H8F3NO4. The smallest absolute Gasteiger partial charge is 0.493 e. The first-order valence-corrected chi connectivity index (χ1v) is 4.78. The molecule has 0 bridgehead atoms. The first-order valence-electron chi connectivity index (χ1n) is 4.78. The number of methoxy groups -OCH3 is 2. The van der Waals surface area contributed by atoms with Gasteiger partial charge in [-0.25, -0.2) is 4.79 Å². The van der Waals surface area contributed by atoms with Crippen LogP contribution in [0.1, 0.15) is 15.9 Å². The molecule has 1 aromatic rings. The van der Waals surface area contributed by atoms with Crippen LogP contribution in [0.15, 0.2) is 12.1 Å². The molecule has 5 nitrogen and oxygen atoms in total. The number of esters is 1. The maximum Gasteiger partial charge on any atom is 0.573 e. The third-order valence-corrected chi connectivity index (χ3v) is 2.03. The van der Waals surface area contributed by atoms with Crippen molar-refractivity contribution in [2.24, 2.45) is 0 Å². The molecule has 0 saturated heterocycles. The third-order valence-electron chi connectivity index (χ3n) is 2.03. The summed E-state index contributed by atoms with van der Waals surface area (Å²) in [6.07, 6.45) is -4.98. The molecule has 0 N–H and O–H groups in total. The molecule has 0 saturated carbocycles. The van der Waals surface area contributed by atoms with E-state index in [9.17, 15) is 18.0 Å². The lowest BCUT2D eigenvalue weighted by atomic mass is 10.1. The number of nitriles is 1. The van der Waals surface area contributed by atoms with Crippen LogP contribution in [0, 0.1) is 11.3 Å². The van der Waals surface area contributed by atoms with E-state index in [0.717, 1.165) is 26.4 Å². The number of benzene rings is 1. The van der Waals surface area contributed by atoms with Gasteiger partial charge >= 0.3 is 12.3 Å². The van der Waals surface area contributed by atoms with Crippen molar-refractivity contribution < 1.29 is 32.2 Å². The lowest BCUT2D eigenvalue weighted by Gasteiger charge is -2.14. The number of halogens is 3. The molecule has 0 heterocycles. The van der Waals surface area contributed by atoms with E-state index >= 15 is 0 Å². The molecule has 0 spiro atoms. The zero-order valence-electron chi connectivity index (χ0n) is 9.87. The molecule has 19 heavy (non-hydrogen) atoms. The molecule has 0 aliphatic rings. The maximum atomic E-state index is 12.2. The van der Waals surface area contributed by atoms with Crippen molar-refractivity contribution >= 4 is 5.97 Å². The van der Waals surface area contributed by atoms with Gasteiger partial charge in [-0.15, -0.1) is 13.2 Å². The van der Waals surface area contributed by atoms with Gasteiger partial charge in [-0.05, 0) is 12.1 Å². The quantitative estimate of drug-likeness (QED) is 0.791. The van der Waals surface area contributed by atoms with Crippen LogP contribution in [-0.4, -0.2) is 26.6 Å². The van der Waals surface area contributed by atoms with E-state index in [4.69, 9.17) is 5.26 Å². The van der Waals surface area contributed by atoms with Crippen molar-refractivity contribution in [3.63, 3.8) is 0 Å². The fourth-order valence-corrected chi connectivity index (χ4v) is 1.29. The summed E-state index contributed by atoms with van der Waals surface area (Å²) in [5.41, 5.74) is -0.609. The first-order chi connectivity index (χ1) is 8.82. The predicted molar refractivity (Wildman–Crippen MR) is 55.7 cm³/mol. The van der Waals surface area contributed by atoms with Gasteiger partial charge in [-0.3, -0.25) is 0 Å². The van der Waals surface area contributed by atoms with Crippen molar-refractivity contribution in [1.29, 1.82) is 5.26 Å². The maximum absolute atomic E-state index is 12.2. The Kier molecular flexibility index (Phi) is 4.22. The zero-order valence-corrected chi connectivity index (χ0v) is 9.87. The number of alkyl halides is 3. The van der Waals surface area contributed by atoms with Crippen LogP contribution in [0.3, 0.4) is 0 Å². The monoisotopic (exact) mass is 275 g/mol. The fraction of sp³-hybridized carbons (Fsp3) is 0.273. The van der Waals surface area contributed by atoms with Crippen LogP contribution in [0.5, 0.6) is 11.5 Å². The van der Waals surface area contributed by atoms with Gasteiger partial charge < -0.3 is 14.2 Å². The molecule has 0 fully saturated rings. The van der Waals surface area contributed by atoms with Crippen LogP contribution in [0.4, 0.5) is 13.2 Å². The minimum Gasteiger partial charge on any atom is -0.493 e. The fourth-order valence-electron chi connectivity index (χ4n) is 1.29. The van der Waals surface area contributed by atoms with Gasteiger partial charge in [0, 0.05) is 0 Å². The molecule has 0 unspecified atom stereocenters. The standard InChI is InChI=1S/C11H8F3NO4/c1-17-8-4-6(10(16)18-2)3-7(5-15)9(8)19-11(12,13)14/h3-4H,1-2H3. The summed E-state index contributed by atoms with van der Waals surface area (Å²) >= 11 is 0. The van der Waals surface area contributed by atoms with Crippen LogP contribution < -0.4 is 9.47 Å². The van der Waals surface area contributed by atoms with Crippen molar-refractivity contribution in [3.05, 3.63) is 23.3 Å². The summed E-state index contributed by atoms with van der Waals surface area (Å²) in [6.45, 7) is 0. The zero-order chi connectivity index (χ0) is 14.6. The molecular weight excluding hydrogens is 267 g/mol. The molecule has 1 aromatic carbocycles. The van der Waals surface area contributed by atoms with Crippen molar-refractivity contribution in [3.8, 4) is 17.6 Å². The second-order valence-corrected chi connectivity index (χ2v) is 3.21. The van der Waals surface area contributed by atoms with Gasteiger partial charge in [0.2, 0.25) is 0 Å². The Morgan fingerprint density at radius 1 is 1.32 bits per heavy atom. The van der Waals surface area contributed by atoms with E-state index in [1.807, 2.05) is 0 Å². The highest BCUT2D eigenvalue weighted by Crippen LogP contribution is 2.36. The van der Waals surface area contributed by atoms with Crippen LogP contribution >= 0.6 is 0 Å². The molecule has 0 atom stereocenters.